The van der Waals surface area contributed by atoms with E-state index in [9.17, 15) is 4.39 Å². The average molecular weight is 280 g/mol. The molecule has 0 amide bonds. The first kappa shape index (κ1) is 11.3. The van der Waals surface area contributed by atoms with Crippen LogP contribution < -0.4 is 5.73 Å². The second kappa shape index (κ2) is 4.76. The highest BCUT2D eigenvalue weighted by Crippen LogP contribution is 2.26. The molecule has 0 aliphatic carbocycles. The van der Waals surface area contributed by atoms with Crippen LogP contribution in [0.4, 0.5) is 4.39 Å². The first-order chi connectivity index (χ1) is 7.70. The summed E-state index contributed by atoms with van der Waals surface area (Å²) in [6.45, 7) is 0.408. The molecule has 0 atom stereocenters. The van der Waals surface area contributed by atoms with E-state index in [1.54, 1.807) is 6.07 Å². The van der Waals surface area contributed by atoms with Gasteiger partial charge in [-0.25, -0.2) is 4.39 Å². The minimum absolute atomic E-state index is 0.241. The summed E-state index contributed by atoms with van der Waals surface area (Å²) in [6, 6.07) is 12.4. The van der Waals surface area contributed by atoms with E-state index in [1.807, 2.05) is 24.3 Å². The predicted octanol–water partition coefficient (Wildman–Crippen LogP) is 3.71. The van der Waals surface area contributed by atoms with Crippen LogP contribution in [0.1, 0.15) is 5.56 Å². The summed E-state index contributed by atoms with van der Waals surface area (Å²) in [6.07, 6.45) is 0. The Balaban J connectivity index is 2.53. The molecule has 16 heavy (non-hydrogen) atoms. The monoisotopic (exact) mass is 279 g/mol. The van der Waals surface area contributed by atoms with Gasteiger partial charge >= 0.3 is 0 Å². The molecule has 2 N–H and O–H groups in total. The third kappa shape index (κ3) is 2.31. The second-order valence-electron chi connectivity index (χ2n) is 3.51. The molecule has 0 radical (unpaired) electrons. The summed E-state index contributed by atoms with van der Waals surface area (Å²) < 4.78 is 14.2. The van der Waals surface area contributed by atoms with E-state index in [0.29, 0.717) is 6.54 Å². The van der Waals surface area contributed by atoms with E-state index in [4.69, 9.17) is 5.73 Å². The minimum Gasteiger partial charge on any atom is -0.326 e. The second-order valence-corrected chi connectivity index (χ2v) is 4.43. The van der Waals surface area contributed by atoms with Gasteiger partial charge in [0.05, 0.1) is 0 Å². The summed E-state index contributed by atoms with van der Waals surface area (Å²) in [4.78, 5) is 0. The Labute approximate surface area is 102 Å². The van der Waals surface area contributed by atoms with Gasteiger partial charge < -0.3 is 5.73 Å². The third-order valence-corrected chi connectivity index (χ3v) is 2.98. The number of halogens is 2. The van der Waals surface area contributed by atoms with Crippen LogP contribution in [0, 0.1) is 5.82 Å². The lowest BCUT2D eigenvalue weighted by Gasteiger charge is -2.08. The molecular formula is C13H11BrFN. The molecule has 0 saturated carbocycles. The van der Waals surface area contributed by atoms with E-state index < -0.39 is 0 Å². The Bertz CT molecular complexity index is 494. The summed E-state index contributed by atoms with van der Waals surface area (Å²) in [5.41, 5.74) is 8.42. The summed E-state index contributed by atoms with van der Waals surface area (Å²) in [7, 11) is 0. The van der Waals surface area contributed by atoms with Gasteiger partial charge in [0.25, 0.3) is 0 Å². The van der Waals surface area contributed by atoms with Crippen LogP contribution in [-0.4, -0.2) is 0 Å². The maximum Gasteiger partial charge on any atom is 0.123 e. The summed E-state index contributed by atoms with van der Waals surface area (Å²) in [5.74, 6) is -0.241. The molecule has 0 aliphatic rings. The molecular weight excluding hydrogens is 269 g/mol. The molecule has 82 valence electrons. The van der Waals surface area contributed by atoms with Crippen LogP contribution >= 0.6 is 15.9 Å². The smallest absolute Gasteiger partial charge is 0.123 e. The van der Waals surface area contributed by atoms with Crippen molar-refractivity contribution >= 4 is 15.9 Å². The van der Waals surface area contributed by atoms with Crippen molar-refractivity contribution in [3.05, 3.63) is 58.3 Å². The SMILES string of the molecule is NCc1ccc(F)cc1-c1ccc(Br)cc1. The van der Waals surface area contributed by atoms with Crippen LogP contribution in [0.5, 0.6) is 0 Å². The van der Waals surface area contributed by atoms with Gasteiger partial charge in [0.15, 0.2) is 0 Å². The fourth-order valence-electron chi connectivity index (χ4n) is 1.62. The lowest BCUT2D eigenvalue weighted by molar-refractivity contribution is 0.627. The summed E-state index contributed by atoms with van der Waals surface area (Å²) >= 11 is 3.37. The Hall–Kier alpha value is -1.19. The highest BCUT2D eigenvalue weighted by atomic mass is 79.9. The van der Waals surface area contributed by atoms with Crippen molar-refractivity contribution in [2.75, 3.05) is 0 Å². The highest BCUT2D eigenvalue weighted by Gasteiger charge is 2.05. The Kier molecular flexibility index (Phi) is 3.36. The normalized spacial score (nSPS) is 10.4. The molecule has 0 saturated heterocycles. The Morgan fingerprint density at radius 1 is 1.06 bits per heavy atom. The van der Waals surface area contributed by atoms with Gasteiger partial charge in [-0.2, -0.15) is 0 Å². The zero-order chi connectivity index (χ0) is 11.5. The van der Waals surface area contributed by atoms with Crippen LogP contribution in [0.3, 0.4) is 0 Å². The lowest BCUT2D eigenvalue weighted by Crippen LogP contribution is -1.99. The fraction of sp³-hybridized carbons (Fsp3) is 0.0769. The van der Waals surface area contributed by atoms with Crippen molar-refractivity contribution in [2.45, 2.75) is 6.54 Å². The number of nitrogens with two attached hydrogens (primary N) is 1. The highest BCUT2D eigenvalue weighted by molar-refractivity contribution is 9.10. The van der Waals surface area contributed by atoms with Crippen molar-refractivity contribution < 1.29 is 4.39 Å². The van der Waals surface area contributed by atoms with Crippen LogP contribution in [0.15, 0.2) is 46.9 Å². The molecule has 2 rings (SSSR count). The van der Waals surface area contributed by atoms with Crippen molar-refractivity contribution in [2.24, 2.45) is 5.73 Å². The largest absolute Gasteiger partial charge is 0.326 e. The Morgan fingerprint density at radius 3 is 2.38 bits per heavy atom. The van der Waals surface area contributed by atoms with Crippen molar-refractivity contribution in [3.63, 3.8) is 0 Å². The molecule has 0 heterocycles. The van der Waals surface area contributed by atoms with E-state index in [0.717, 1.165) is 21.2 Å². The van der Waals surface area contributed by atoms with E-state index >= 15 is 0 Å². The van der Waals surface area contributed by atoms with Gasteiger partial charge in [-0.15, -0.1) is 0 Å². The van der Waals surface area contributed by atoms with Gasteiger partial charge in [-0.1, -0.05) is 34.1 Å². The van der Waals surface area contributed by atoms with E-state index in [1.165, 1.54) is 12.1 Å². The molecule has 2 aromatic rings. The van der Waals surface area contributed by atoms with Crippen molar-refractivity contribution in [1.82, 2.24) is 0 Å². The number of rotatable bonds is 2. The zero-order valence-corrected chi connectivity index (χ0v) is 10.2. The predicted molar refractivity (Wildman–Crippen MR) is 67.4 cm³/mol. The van der Waals surface area contributed by atoms with Crippen molar-refractivity contribution in [1.29, 1.82) is 0 Å². The van der Waals surface area contributed by atoms with Gasteiger partial charge in [0.1, 0.15) is 5.82 Å². The molecule has 0 bridgehead atoms. The van der Waals surface area contributed by atoms with Crippen LogP contribution in [0.25, 0.3) is 11.1 Å². The first-order valence-electron chi connectivity index (χ1n) is 4.95. The molecule has 0 fully saturated rings. The molecule has 2 aromatic carbocycles. The standard InChI is InChI=1S/C13H11BrFN/c14-11-4-1-9(2-5-11)13-7-12(15)6-3-10(13)8-16/h1-7H,8,16H2. The average Bonchev–Trinajstić information content (AvgIpc) is 2.30. The summed E-state index contributed by atoms with van der Waals surface area (Å²) in [5, 5.41) is 0. The zero-order valence-electron chi connectivity index (χ0n) is 8.58. The van der Waals surface area contributed by atoms with Gasteiger partial charge in [-0.05, 0) is 41.0 Å². The van der Waals surface area contributed by atoms with Crippen molar-refractivity contribution in [3.8, 4) is 11.1 Å². The van der Waals surface area contributed by atoms with Gasteiger partial charge in [0.2, 0.25) is 0 Å². The fourth-order valence-corrected chi connectivity index (χ4v) is 1.89. The quantitative estimate of drug-likeness (QED) is 0.891. The molecule has 0 spiro atoms. The Morgan fingerprint density at radius 2 is 1.75 bits per heavy atom. The first-order valence-corrected chi connectivity index (χ1v) is 5.74. The van der Waals surface area contributed by atoms with E-state index in [2.05, 4.69) is 15.9 Å². The maximum atomic E-state index is 13.2. The van der Waals surface area contributed by atoms with Gasteiger partial charge in [-0.3, -0.25) is 0 Å². The molecule has 0 unspecified atom stereocenters. The van der Waals surface area contributed by atoms with Gasteiger partial charge in [0, 0.05) is 11.0 Å². The lowest BCUT2D eigenvalue weighted by atomic mass is 10.00. The number of hydrogen-bond donors (Lipinski definition) is 1. The van der Waals surface area contributed by atoms with E-state index in [-0.39, 0.29) is 5.82 Å². The molecule has 0 aromatic heterocycles. The van der Waals surface area contributed by atoms with Crippen LogP contribution in [-0.2, 0) is 6.54 Å². The number of benzene rings is 2. The number of hydrogen-bond acceptors (Lipinski definition) is 1. The van der Waals surface area contributed by atoms with Crippen LogP contribution in [0.2, 0.25) is 0 Å². The molecule has 3 heteroatoms. The topological polar surface area (TPSA) is 26.0 Å². The minimum atomic E-state index is -0.241. The molecule has 0 aliphatic heterocycles. The molecule has 1 nitrogen and oxygen atoms in total. The third-order valence-electron chi connectivity index (χ3n) is 2.45. The maximum absolute atomic E-state index is 13.2.